The van der Waals surface area contributed by atoms with Crippen LogP contribution in [0, 0.1) is 0 Å². The second-order valence-corrected chi connectivity index (χ2v) is 4.36. The van der Waals surface area contributed by atoms with Gasteiger partial charge in [0.15, 0.2) is 0 Å². The number of benzene rings is 1. The number of ether oxygens (including phenoxy) is 2. The van der Waals surface area contributed by atoms with E-state index < -0.39 is 0 Å². The highest BCUT2D eigenvalue weighted by Gasteiger charge is 2.13. The van der Waals surface area contributed by atoms with E-state index >= 15 is 0 Å². The SMILES string of the molecule is CONc1ccc(Cl)cc1-c1cc(OC)ncc1OC. The highest BCUT2D eigenvalue weighted by Crippen LogP contribution is 2.37. The van der Waals surface area contributed by atoms with Crippen molar-refractivity contribution in [1.82, 2.24) is 4.98 Å². The Labute approximate surface area is 122 Å². The Bertz CT molecular complexity index is 605. The molecule has 0 aliphatic carbocycles. The number of halogens is 1. The molecule has 2 aromatic rings. The molecule has 1 aromatic carbocycles. The van der Waals surface area contributed by atoms with Crippen LogP contribution in [0.3, 0.4) is 0 Å². The van der Waals surface area contributed by atoms with Crippen LogP contribution in [0.5, 0.6) is 11.6 Å². The summed E-state index contributed by atoms with van der Waals surface area (Å²) in [4.78, 5) is 9.10. The zero-order valence-electron chi connectivity index (χ0n) is 11.4. The van der Waals surface area contributed by atoms with Gasteiger partial charge in [0.05, 0.1) is 33.2 Å². The number of rotatable bonds is 5. The molecule has 0 saturated heterocycles. The summed E-state index contributed by atoms with van der Waals surface area (Å²) in [6.45, 7) is 0. The van der Waals surface area contributed by atoms with Crippen molar-refractivity contribution in [1.29, 1.82) is 0 Å². The average Bonchev–Trinajstić information content (AvgIpc) is 2.48. The first-order valence-electron chi connectivity index (χ1n) is 5.86. The van der Waals surface area contributed by atoms with Crippen molar-refractivity contribution in [3.05, 3.63) is 35.5 Å². The molecule has 0 aliphatic rings. The Balaban J connectivity index is 2.62. The van der Waals surface area contributed by atoms with E-state index in [1.54, 1.807) is 39.7 Å². The summed E-state index contributed by atoms with van der Waals surface area (Å²) >= 11 is 6.08. The van der Waals surface area contributed by atoms with E-state index in [1.165, 1.54) is 0 Å². The molecule has 0 spiro atoms. The van der Waals surface area contributed by atoms with Gasteiger partial charge in [-0.15, -0.1) is 0 Å². The molecule has 0 fully saturated rings. The number of nitrogens with one attached hydrogen (secondary N) is 1. The van der Waals surface area contributed by atoms with Gasteiger partial charge in [-0.25, -0.2) is 4.98 Å². The fourth-order valence-electron chi connectivity index (χ4n) is 1.85. The largest absolute Gasteiger partial charge is 0.494 e. The van der Waals surface area contributed by atoms with E-state index in [0.29, 0.717) is 16.7 Å². The molecule has 6 heteroatoms. The van der Waals surface area contributed by atoms with Crippen LogP contribution in [-0.2, 0) is 4.84 Å². The van der Waals surface area contributed by atoms with E-state index in [-0.39, 0.29) is 0 Å². The third kappa shape index (κ3) is 2.95. The zero-order chi connectivity index (χ0) is 14.5. The van der Waals surface area contributed by atoms with E-state index in [1.807, 2.05) is 12.1 Å². The normalized spacial score (nSPS) is 10.2. The fourth-order valence-corrected chi connectivity index (χ4v) is 2.02. The molecular weight excluding hydrogens is 280 g/mol. The van der Waals surface area contributed by atoms with Crippen molar-refractivity contribution in [2.45, 2.75) is 0 Å². The molecule has 0 bridgehead atoms. The van der Waals surface area contributed by atoms with Crippen molar-refractivity contribution in [2.24, 2.45) is 0 Å². The topological polar surface area (TPSA) is 52.6 Å². The molecule has 2 rings (SSSR count). The number of anilines is 1. The van der Waals surface area contributed by atoms with E-state index in [9.17, 15) is 0 Å². The minimum Gasteiger partial charge on any atom is -0.494 e. The van der Waals surface area contributed by atoms with Crippen LogP contribution < -0.4 is 15.0 Å². The van der Waals surface area contributed by atoms with Crippen molar-refractivity contribution in [3.63, 3.8) is 0 Å². The third-order valence-electron chi connectivity index (χ3n) is 2.76. The number of hydrogen-bond donors (Lipinski definition) is 1. The van der Waals surface area contributed by atoms with Gasteiger partial charge in [-0.3, -0.25) is 10.3 Å². The predicted octanol–water partition coefficient (Wildman–Crippen LogP) is 3.39. The Kier molecular flexibility index (Phi) is 4.65. The van der Waals surface area contributed by atoms with Gasteiger partial charge in [-0.1, -0.05) is 11.6 Å². The smallest absolute Gasteiger partial charge is 0.213 e. The van der Waals surface area contributed by atoms with Crippen molar-refractivity contribution in [3.8, 4) is 22.8 Å². The van der Waals surface area contributed by atoms with Gasteiger partial charge in [-0.2, -0.15) is 0 Å². The first-order chi connectivity index (χ1) is 9.69. The molecule has 0 saturated carbocycles. The molecule has 1 aromatic heterocycles. The molecule has 0 atom stereocenters. The van der Waals surface area contributed by atoms with Gasteiger partial charge < -0.3 is 9.47 Å². The number of pyridine rings is 1. The molecule has 0 amide bonds. The Hall–Kier alpha value is -1.98. The number of nitrogens with zero attached hydrogens (tertiary/aromatic N) is 1. The Morgan fingerprint density at radius 2 is 1.85 bits per heavy atom. The lowest BCUT2D eigenvalue weighted by molar-refractivity contribution is 0.271. The average molecular weight is 295 g/mol. The minimum atomic E-state index is 0.490. The molecule has 1 heterocycles. The van der Waals surface area contributed by atoms with Crippen molar-refractivity contribution in [2.75, 3.05) is 26.8 Å². The van der Waals surface area contributed by atoms with E-state index in [0.717, 1.165) is 16.8 Å². The maximum atomic E-state index is 6.08. The summed E-state index contributed by atoms with van der Waals surface area (Å²) in [6.07, 6.45) is 1.60. The fraction of sp³-hybridized carbons (Fsp3) is 0.214. The maximum absolute atomic E-state index is 6.08. The van der Waals surface area contributed by atoms with Crippen LogP contribution >= 0.6 is 11.6 Å². The summed E-state index contributed by atoms with van der Waals surface area (Å²) in [5, 5.41) is 0.611. The highest BCUT2D eigenvalue weighted by atomic mass is 35.5. The van der Waals surface area contributed by atoms with Gasteiger partial charge in [0, 0.05) is 22.2 Å². The van der Waals surface area contributed by atoms with Crippen LogP contribution in [-0.4, -0.2) is 26.3 Å². The molecule has 0 aliphatic heterocycles. The maximum Gasteiger partial charge on any atom is 0.213 e. The lowest BCUT2D eigenvalue weighted by Crippen LogP contribution is -1.99. The molecular formula is C14H15ClN2O3. The predicted molar refractivity (Wildman–Crippen MR) is 78.4 cm³/mol. The zero-order valence-corrected chi connectivity index (χ0v) is 12.2. The first-order valence-corrected chi connectivity index (χ1v) is 6.24. The number of hydrogen-bond acceptors (Lipinski definition) is 5. The summed E-state index contributed by atoms with van der Waals surface area (Å²) in [5.41, 5.74) is 5.22. The standard InChI is InChI=1S/C14H15ClN2O3/c1-18-13-8-16-14(19-2)7-11(13)10-6-9(15)4-5-12(10)17-20-3/h4-8,17H,1-3H3. The number of aromatic nitrogens is 1. The summed E-state index contributed by atoms with van der Waals surface area (Å²) in [6, 6.07) is 7.20. The van der Waals surface area contributed by atoms with E-state index in [4.69, 9.17) is 25.9 Å². The van der Waals surface area contributed by atoms with Crippen LogP contribution in [0.15, 0.2) is 30.5 Å². The van der Waals surface area contributed by atoms with Crippen molar-refractivity contribution < 1.29 is 14.3 Å². The van der Waals surface area contributed by atoms with Gasteiger partial charge >= 0.3 is 0 Å². The summed E-state index contributed by atoms with van der Waals surface area (Å²) < 4.78 is 10.5. The van der Waals surface area contributed by atoms with Gasteiger partial charge in [0.1, 0.15) is 5.75 Å². The molecule has 106 valence electrons. The second-order valence-electron chi connectivity index (χ2n) is 3.92. The monoisotopic (exact) mass is 294 g/mol. The molecule has 5 nitrogen and oxygen atoms in total. The molecule has 20 heavy (non-hydrogen) atoms. The quantitative estimate of drug-likeness (QED) is 0.857. The Morgan fingerprint density at radius 1 is 1.05 bits per heavy atom. The summed E-state index contributed by atoms with van der Waals surface area (Å²) in [5.74, 6) is 1.11. The molecule has 0 unspecified atom stereocenters. The third-order valence-corrected chi connectivity index (χ3v) is 2.99. The van der Waals surface area contributed by atoms with Crippen LogP contribution in [0.2, 0.25) is 5.02 Å². The minimum absolute atomic E-state index is 0.490. The van der Waals surface area contributed by atoms with Gasteiger partial charge in [-0.05, 0) is 18.2 Å². The number of methoxy groups -OCH3 is 2. The van der Waals surface area contributed by atoms with Crippen LogP contribution in [0.1, 0.15) is 0 Å². The van der Waals surface area contributed by atoms with Crippen LogP contribution in [0.25, 0.3) is 11.1 Å². The molecule has 0 radical (unpaired) electrons. The first kappa shape index (κ1) is 14.4. The van der Waals surface area contributed by atoms with E-state index in [2.05, 4.69) is 10.5 Å². The van der Waals surface area contributed by atoms with Crippen molar-refractivity contribution >= 4 is 17.3 Å². The summed E-state index contributed by atoms with van der Waals surface area (Å²) in [7, 11) is 4.69. The highest BCUT2D eigenvalue weighted by molar-refractivity contribution is 6.31. The van der Waals surface area contributed by atoms with Gasteiger partial charge in [0.25, 0.3) is 0 Å². The second kappa shape index (κ2) is 6.45. The lowest BCUT2D eigenvalue weighted by atomic mass is 10.0. The Morgan fingerprint density at radius 3 is 2.50 bits per heavy atom. The lowest BCUT2D eigenvalue weighted by Gasteiger charge is -2.14. The van der Waals surface area contributed by atoms with Crippen LogP contribution in [0.4, 0.5) is 5.69 Å². The molecule has 1 N–H and O–H groups in total. The van der Waals surface area contributed by atoms with Gasteiger partial charge in [0.2, 0.25) is 5.88 Å².